The zero-order chi connectivity index (χ0) is 20.1. The van der Waals surface area contributed by atoms with Crippen molar-refractivity contribution in [2.45, 2.75) is 6.54 Å². The molecular weight excluding hydrogens is 369 g/mol. The topological polar surface area (TPSA) is 61.4 Å². The van der Waals surface area contributed by atoms with Crippen LogP contribution < -0.4 is 10.2 Å². The summed E-state index contributed by atoms with van der Waals surface area (Å²) in [7, 11) is 0. The molecule has 0 atom stereocenters. The summed E-state index contributed by atoms with van der Waals surface area (Å²) in [5.41, 5.74) is 1.56. The summed E-state index contributed by atoms with van der Waals surface area (Å²) in [5.74, 6) is 0.320. The minimum Gasteiger partial charge on any atom is -0.354 e. The number of benzene rings is 2. The van der Waals surface area contributed by atoms with Crippen LogP contribution in [0.25, 0.3) is 0 Å². The van der Waals surface area contributed by atoms with Gasteiger partial charge in [0.05, 0.1) is 0 Å². The van der Waals surface area contributed by atoms with Crippen molar-refractivity contribution >= 4 is 17.5 Å². The highest BCUT2D eigenvalue weighted by atomic mass is 19.1. The molecule has 0 spiro atoms. The molecule has 29 heavy (non-hydrogen) atoms. The summed E-state index contributed by atoms with van der Waals surface area (Å²) in [4.78, 5) is 25.4. The number of aromatic nitrogens is 2. The van der Waals surface area contributed by atoms with E-state index in [0.717, 1.165) is 38.5 Å². The van der Waals surface area contributed by atoms with Gasteiger partial charge in [0.15, 0.2) is 0 Å². The molecule has 148 valence electrons. The van der Waals surface area contributed by atoms with Crippen molar-refractivity contribution < 1.29 is 9.18 Å². The van der Waals surface area contributed by atoms with Crippen LogP contribution in [0, 0.1) is 5.82 Å². The van der Waals surface area contributed by atoms with E-state index in [1.165, 1.54) is 30.1 Å². The Hall–Kier alpha value is -3.32. The number of amides is 1. The van der Waals surface area contributed by atoms with Crippen LogP contribution in [-0.4, -0.2) is 47.0 Å². The zero-order valence-corrected chi connectivity index (χ0v) is 16.0. The second-order valence-electron chi connectivity index (χ2n) is 6.97. The van der Waals surface area contributed by atoms with E-state index >= 15 is 0 Å². The Bertz CT molecular complexity index is 974. The third kappa shape index (κ3) is 4.94. The van der Waals surface area contributed by atoms with Crippen LogP contribution in [0.5, 0.6) is 0 Å². The number of carbonyl (C=O) groups is 1. The highest BCUT2D eigenvalue weighted by Gasteiger charge is 2.19. The van der Waals surface area contributed by atoms with Gasteiger partial charge in [-0.3, -0.25) is 9.69 Å². The Kier molecular flexibility index (Phi) is 5.76. The number of halogens is 1. The van der Waals surface area contributed by atoms with E-state index in [1.54, 1.807) is 12.1 Å². The molecule has 3 aromatic rings. The molecule has 1 amide bonds. The molecule has 0 unspecified atom stereocenters. The van der Waals surface area contributed by atoms with Gasteiger partial charge in [0, 0.05) is 44.4 Å². The van der Waals surface area contributed by atoms with E-state index in [1.807, 2.05) is 6.07 Å². The molecule has 2 heterocycles. The fourth-order valence-corrected chi connectivity index (χ4v) is 3.38. The molecule has 1 aromatic heterocycles. The van der Waals surface area contributed by atoms with Gasteiger partial charge in [-0.25, -0.2) is 14.4 Å². The molecular formula is C22H22FN5O. The Labute approximate surface area is 169 Å². The van der Waals surface area contributed by atoms with Gasteiger partial charge in [-0.1, -0.05) is 36.4 Å². The van der Waals surface area contributed by atoms with Crippen LogP contribution >= 0.6 is 0 Å². The van der Waals surface area contributed by atoms with Gasteiger partial charge >= 0.3 is 0 Å². The second-order valence-corrected chi connectivity index (χ2v) is 6.97. The largest absolute Gasteiger partial charge is 0.354 e. The van der Waals surface area contributed by atoms with Crippen molar-refractivity contribution in [2.75, 3.05) is 36.4 Å². The third-order valence-electron chi connectivity index (χ3n) is 4.93. The van der Waals surface area contributed by atoms with Crippen LogP contribution in [0.2, 0.25) is 0 Å². The number of carbonyl (C=O) groups excluding carboxylic acids is 1. The maximum atomic E-state index is 13.3. The van der Waals surface area contributed by atoms with Gasteiger partial charge in [0.1, 0.15) is 23.8 Å². The number of nitrogens with one attached hydrogen (secondary N) is 1. The van der Waals surface area contributed by atoms with Gasteiger partial charge in [-0.15, -0.1) is 0 Å². The van der Waals surface area contributed by atoms with Gasteiger partial charge < -0.3 is 10.2 Å². The molecule has 1 fully saturated rings. The smallest absolute Gasteiger partial charge is 0.256 e. The van der Waals surface area contributed by atoms with E-state index in [-0.39, 0.29) is 5.56 Å². The first-order chi connectivity index (χ1) is 14.2. The Morgan fingerprint density at radius 2 is 1.76 bits per heavy atom. The summed E-state index contributed by atoms with van der Waals surface area (Å²) in [5, 5.41) is 2.71. The Morgan fingerprint density at radius 1 is 0.966 bits per heavy atom. The van der Waals surface area contributed by atoms with E-state index in [4.69, 9.17) is 0 Å². The molecule has 0 saturated carbocycles. The molecule has 6 nitrogen and oxygen atoms in total. The lowest BCUT2D eigenvalue weighted by Crippen LogP contribution is -2.46. The highest BCUT2D eigenvalue weighted by molar-refractivity contribution is 6.03. The maximum absolute atomic E-state index is 13.3. The normalized spacial score (nSPS) is 14.6. The van der Waals surface area contributed by atoms with Gasteiger partial charge in [0.2, 0.25) is 0 Å². The number of hydrogen-bond donors (Lipinski definition) is 1. The van der Waals surface area contributed by atoms with Crippen molar-refractivity contribution in [3.05, 3.63) is 83.9 Å². The first kappa shape index (κ1) is 19.0. The average Bonchev–Trinajstić information content (AvgIpc) is 2.75. The lowest BCUT2D eigenvalue weighted by atomic mass is 10.2. The average molecular weight is 391 g/mol. The maximum Gasteiger partial charge on any atom is 0.256 e. The van der Waals surface area contributed by atoms with E-state index in [2.05, 4.69) is 49.4 Å². The van der Waals surface area contributed by atoms with Crippen molar-refractivity contribution in [1.29, 1.82) is 0 Å². The molecule has 1 N–H and O–H groups in total. The molecule has 1 aliphatic rings. The number of hydrogen-bond acceptors (Lipinski definition) is 5. The van der Waals surface area contributed by atoms with Crippen LogP contribution in [-0.2, 0) is 6.54 Å². The lowest BCUT2D eigenvalue weighted by molar-refractivity contribution is 0.102. The number of rotatable bonds is 5. The first-order valence-electron chi connectivity index (χ1n) is 9.57. The minimum absolute atomic E-state index is 0.250. The van der Waals surface area contributed by atoms with Crippen LogP contribution in [0.4, 0.5) is 16.0 Å². The monoisotopic (exact) mass is 391 g/mol. The fraction of sp³-hybridized carbons (Fsp3) is 0.227. The van der Waals surface area contributed by atoms with E-state index in [0.29, 0.717) is 5.82 Å². The minimum atomic E-state index is -0.450. The van der Waals surface area contributed by atoms with Gasteiger partial charge in [-0.2, -0.15) is 0 Å². The van der Waals surface area contributed by atoms with Crippen LogP contribution in [0.1, 0.15) is 15.9 Å². The Morgan fingerprint density at radius 3 is 2.52 bits per heavy atom. The summed E-state index contributed by atoms with van der Waals surface area (Å²) in [6.45, 7) is 4.50. The fourth-order valence-electron chi connectivity index (χ4n) is 3.38. The molecule has 1 aliphatic heterocycles. The molecule has 4 rings (SSSR count). The zero-order valence-electron chi connectivity index (χ0n) is 16.0. The first-order valence-corrected chi connectivity index (χ1v) is 9.57. The predicted molar refractivity (Wildman–Crippen MR) is 110 cm³/mol. The SMILES string of the molecule is O=C(Nc1cc(N2CCN(Cc3ccccc3)CC2)ncn1)c1cccc(F)c1. The molecule has 0 radical (unpaired) electrons. The van der Waals surface area contributed by atoms with Crippen molar-refractivity contribution in [3.8, 4) is 0 Å². The molecule has 1 saturated heterocycles. The summed E-state index contributed by atoms with van der Waals surface area (Å²) >= 11 is 0. The number of nitrogens with zero attached hydrogens (tertiary/aromatic N) is 4. The Balaban J connectivity index is 1.36. The molecule has 2 aromatic carbocycles. The molecule has 0 bridgehead atoms. The standard InChI is InChI=1S/C22H22FN5O/c23-19-8-4-7-18(13-19)22(29)26-20-14-21(25-16-24-20)28-11-9-27(10-12-28)15-17-5-2-1-3-6-17/h1-8,13-14,16H,9-12,15H2,(H,24,25,26,29). The third-order valence-corrected chi connectivity index (χ3v) is 4.93. The van der Waals surface area contributed by atoms with Crippen molar-refractivity contribution in [3.63, 3.8) is 0 Å². The van der Waals surface area contributed by atoms with Crippen molar-refractivity contribution in [2.24, 2.45) is 0 Å². The van der Waals surface area contributed by atoms with E-state index < -0.39 is 11.7 Å². The predicted octanol–water partition coefficient (Wildman–Crippen LogP) is 3.19. The van der Waals surface area contributed by atoms with Crippen LogP contribution in [0.15, 0.2) is 67.0 Å². The summed E-state index contributed by atoms with van der Waals surface area (Å²) in [6, 6.07) is 17.8. The number of anilines is 2. The summed E-state index contributed by atoms with van der Waals surface area (Å²) in [6.07, 6.45) is 1.44. The summed E-state index contributed by atoms with van der Waals surface area (Å²) < 4.78 is 13.3. The number of piperazine rings is 1. The molecule has 7 heteroatoms. The van der Waals surface area contributed by atoms with Gasteiger partial charge in [0.25, 0.3) is 5.91 Å². The van der Waals surface area contributed by atoms with Gasteiger partial charge in [-0.05, 0) is 23.8 Å². The molecule has 0 aliphatic carbocycles. The van der Waals surface area contributed by atoms with Crippen molar-refractivity contribution in [1.82, 2.24) is 14.9 Å². The lowest BCUT2D eigenvalue weighted by Gasteiger charge is -2.35. The quantitative estimate of drug-likeness (QED) is 0.724. The van der Waals surface area contributed by atoms with Crippen LogP contribution in [0.3, 0.4) is 0 Å². The highest BCUT2D eigenvalue weighted by Crippen LogP contribution is 2.18. The van der Waals surface area contributed by atoms with E-state index in [9.17, 15) is 9.18 Å². The second kappa shape index (κ2) is 8.79.